The number of para-hydroxylation sites is 1. The molecule has 4 aromatic rings. The number of sulfone groups is 1. The van der Waals surface area contributed by atoms with Crippen LogP contribution in [0.4, 0.5) is 17.6 Å². The third-order valence-electron chi connectivity index (χ3n) is 5.56. The summed E-state index contributed by atoms with van der Waals surface area (Å²) in [5, 5.41) is 1.38. The highest BCUT2D eigenvalue weighted by Crippen LogP contribution is 2.33. The third kappa shape index (κ3) is 4.83. The molecule has 1 amide bonds. The first-order chi connectivity index (χ1) is 17.2. The Labute approximate surface area is 209 Å². The van der Waals surface area contributed by atoms with E-state index in [2.05, 4.69) is 0 Å². The number of benzene rings is 3. The summed E-state index contributed by atoms with van der Waals surface area (Å²) in [6, 6.07) is 15.1. The average molecular weight is 555 g/mol. The molecule has 0 bridgehead atoms. The molecule has 1 heterocycles. The van der Waals surface area contributed by atoms with Gasteiger partial charge in [0.05, 0.1) is 16.5 Å². The Morgan fingerprint density at radius 3 is 2.11 bits per heavy atom. The lowest BCUT2D eigenvalue weighted by Gasteiger charge is -2.16. The summed E-state index contributed by atoms with van der Waals surface area (Å²) >= 11 is 0. The summed E-state index contributed by atoms with van der Waals surface area (Å²) in [5.41, 5.74) is 0.181. The maximum atomic E-state index is 14.5. The fourth-order valence-electron chi connectivity index (χ4n) is 3.71. The smallest absolute Gasteiger partial charge is 0.342 e. The van der Waals surface area contributed by atoms with Crippen molar-refractivity contribution in [2.24, 2.45) is 0 Å². The van der Waals surface area contributed by atoms with Crippen LogP contribution in [0.15, 0.2) is 93.7 Å². The molecule has 0 radical (unpaired) electrons. The first-order valence-electron chi connectivity index (χ1n) is 10.6. The van der Waals surface area contributed by atoms with E-state index in [4.69, 9.17) is 0 Å². The average Bonchev–Trinajstić information content (AvgIpc) is 3.25. The van der Waals surface area contributed by atoms with Gasteiger partial charge in [0.1, 0.15) is 10.7 Å². The Morgan fingerprint density at radius 2 is 1.49 bits per heavy atom. The fraction of sp³-hybridized carbons (Fsp3) is 0.125. The van der Waals surface area contributed by atoms with Crippen LogP contribution in [0.3, 0.4) is 0 Å². The van der Waals surface area contributed by atoms with Gasteiger partial charge in [-0.2, -0.15) is 13.2 Å². The number of rotatable bonds is 6. The van der Waals surface area contributed by atoms with E-state index >= 15 is 0 Å². The molecule has 0 spiro atoms. The molecule has 1 aromatic heterocycles. The molecule has 3 aromatic carbocycles. The molecular formula is C24H18F4N2O5S2. The Morgan fingerprint density at radius 1 is 0.892 bits per heavy atom. The van der Waals surface area contributed by atoms with Gasteiger partial charge in [-0.25, -0.2) is 25.2 Å². The standard InChI is InChI=1S/C24H18F4N2O5S2/c1-15(29-23(31)24(26,27)28)16-10-12-18(13-11-16)36(32,33)22-14-17-6-2-4-8-20(17)30(22)37(34,35)21-9-5-3-7-19(21)25/h2-15H,1H3,(H,29,31). The van der Waals surface area contributed by atoms with Crippen LogP contribution in [0.2, 0.25) is 0 Å². The lowest BCUT2D eigenvalue weighted by Crippen LogP contribution is -2.38. The van der Waals surface area contributed by atoms with Crippen molar-refractivity contribution in [3.05, 3.63) is 90.2 Å². The first-order valence-corrected chi connectivity index (χ1v) is 13.5. The van der Waals surface area contributed by atoms with Crippen molar-refractivity contribution < 1.29 is 39.2 Å². The van der Waals surface area contributed by atoms with Crippen LogP contribution < -0.4 is 5.32 Å². The molecule has 13 heteroatoms. The van der Waals surface area contributed by atoms with Crippen LogP contribution in [-0.2, 0) is 24.7 Å². The van der Waals surface area contributed by atoms with E-state index in [1.807, 2.05) is 0 Å². The van der Waals surface area contributed by atoms with E-state index in [-0.39, 0.29) is 21.4 Å². The molecular weight excluding hydrogens is 536 g/mol. The zero-order chi connectivity index (χ0) is 27.2. The van der Waals surface area contributed by atoms with Gasteiger partial charge in [-0.1, -0.05) is 42.5 Å². The predicted octanol–water partition coefficient (Wildman–Crippen LogP) is 4.59. The van der Waals surface area contributed by atoms with Gasteiger partial charge in [0.2, 0.25) is 9.84 Å². The fourth-order valence-corrected chi connectivity index (χ4v) is 7.11. The number of carbonyl (C=O) groups excluding carboxylic acids is 1. The molecule has 4 rings (SSSR count). The molecule has 0 fully saturated rings. The predicted molar refractivity (Wildman–Crippen MR) is 125 cm³/mol. The molecule has 0 saturated heterocycles. The maximum Gasteiger partial charge on any atom is 0.471 e. The molecule has 1 N–H and O–H groups in total. The van der Waals surface area contributed by atoms with Crippen LogP contribution >= 0.6 is 0 Å². The van der Waals surface area contributed by atoms with Gasteiger partial charge < -0.3 is 5.32 Å². The second-order valence-electron chi connectivity index (χ2n) is 8.01. The van der Waals surface area contributed by atoms with E-state index < -0.39 is 53.7 Å². The summed E-state index contributed by atoms with van der Waals surface area (Å²) in [5.74, 6) is -3.22. The van der Waals surface area contributed by atoms with Crippen molar-refractivity contribution in [3.8, 4) is 0 Å². The SMILES string of the molecule is CC(NC(=O)C(F)(F)F)c1ccc(S(=O)(=O)c2cc3ccccc3n2S(=O)(=O)c2ccccc2F)cc1. The summed E-state index contributed by atoms with van der Waals surface area (Å²) < 4.78 is 107. The molecule has 0 saturated carbocycles. The van der Waals surface area contributed by atoms with Gasteiger partial charge in [0.15, 0.2) is 5.03 Å². The molecule has 0 aliphatic heterocycles. The van der Waals surface area contributed by atoms with Crippen molar-refractivity contribution in [3.63, 3.8) is 0 Å². The topological polar surface area (TPSA) is 102 Å². The number of nitrogens with one attached hydrogen (secondary N) is 1. The minimum Gasteiger partial charge on any atom is -0.342 e. The second kappa shape index (κ2) is 9.30. The van der Waals surface area contributed by atoms with Gasteiger partial charge in [0.25, 0.3) is 10.0 Å². The van der Waals surface area contributed by atoms with E-state index in [1.54, 1.807) is 11.4 Å². The number of nitrogens with zero attached hydrogens (tertiary/aromatic N) is 1. The minimum atomic E-state index is -5.09. The largest absolute Gasteiger partial charge is 0.471 e. The number of hydrogen-bond donors (Lipinski definition) is 1. The lowest BCUT2D eigenvalue weighted by atomic mass is 10.1. The summed E-state index contributed by atoms with van der Waals surface area (Å²) in [7, 11) is -9.25. The number of aromatic nitrogens is 1. The highest BCUT2D eigenvalue weighted by atomic mass is 32.2. The molecule has 1 atom stereocenters. The van der Waals surface area contributed by atoms with Crippen LogP contribution in [-0.4, -0.2) is 32.9 Å². The van der Waals surface area contributed by atoms with E-state index in [0.29, 0.717) is 3.97 Å². The van der Waals surface area contributed by atoms with Gasteiger partial charge in [-0.3, -0.25) is 4.79 Å². The van der Waals surface area contributed by atoms with Crippen molar-refractivity contribution >= 4 is 36.7 Å². The molecule has 0 aliphatic carbocycles. The number of amides is 1. The van der Waals surface area contributed by atoms with E-state index in [0.717, 1.165) is 30.3 Å². The van der Waals surface area contributed by atoms with E-state index in [9.17, 15) is 39.2 Å². The Hall–Kier alpha value is -3.71. The summed E-state index contributed by atoms with van der Waals surface area (Å²) in [4.78, 5) is 10.1. The highest BCUT2D eigenvalue weighted by Gasteiger charge is 2.39. The second-order valence-corrected chi connectivity index (χ2v) is 11.7. The molecule has 37 heavy (non-hydrogen) atoms. The maximum absolute atomic E-state index is 14.5. The van der Waals surface area contributed by atoms with Crippen LogP contribution in [0.1, 0.15) is 18.5 Å². The number of fused-ring (bicyclic) bond motifs is 1. The van der Waals surface area contributed by atoms with Crippen molar-refractivity contribution in [1.29, 1.82) is 0 Å². The van der Waals surface area contributed by atoms with Gasteiger partial charge in [-0.15, -0.1) is 0 Å². The van der Waals surface area contributed by atoms with Gasteiger partial charge in [0, 0.05) is 5.39 Å². The molecule has 194 valence electrons. The Kier molecular flexibility index (Phi) is 6.63. The lowest BCUT2D eigenvalue weighted by molar-refractivity contribution is -0.174. The summed E-state index contributed by atoms with van der Waals surface area (Å²) in [6.45, 7) is 1.28. The highest BCUT2D eigenvalue weighted by molar-refractivity contribution is 7.93. The first kappa shape index (κ1) is 26.4. The zero-order valence-corrected chi connectivity index (χ0v) is 20.5. The van der Waals surface area contributed by atoms with Crippen molar-refractivity contribution in [2.45, 2.75) is 34.0 Å². The quantitative estimate of drug-likeness (QED) is 0.352. The number of carbonyl (C=O) groups is 1. The number of hydrogen-bond acceptors (Lipinski definition) is 5. The van der Waals surface area contributed by atoms with E-state index in [1.165, 1.54) is 49.4 Å². The van der Waals surface area contributed by atoms with Crippen LogP contribution in [0, 0.1) is 5.82 Å². The molecule has 1 unspecified atom stereocenters. The Bertz CT molecular complexity index is 1710. The monoisotopic (exact) mass is 554 g/mol. The van der Waals surface area contributed by atoms with Gasteiger partial charge in [-0.05, 0) is 48.9 Å². The third-order valence-corrected chi connectivity index (χ3v) is 9.18. The molecule has 0 aliphatic rings. The Balaban J connectivity index is 1.81. The molecule has 7 nitrogen and oxygen atoms in total. The van der Waals surface area contributed by atoms with Crippen molar-refractivity contribution in [1.82, 2.24) is 9.29 Å². The minimum absolute atomic E-state index is 0.00411. The number of halogens is 4. The number of alkyl halides is 3. The summed E-state index contributed by atoms with van der Waals surface area (Å²) in [6.07, 6.45) is -5.09. The van der Waals surface area contributed by atoms with Gasteiger partial charge >= 0.3 is 12.1 Å². The normalized spacial score (nSPS) is 13.4. The van der Waals surface area contributed by atoms with Crippen LogP contribution in [0.5, 0.6) is 0 Å². The van der Waals surface area contributed by atoms with Crippen LogP contribution in [0.25, 0.3) is 10.9 Å². The van der Waals surface area contributed by atoms with Crippen molar-refractivity contribution in [2.75, 3.05) is 0 Å². The zero-order valence-electron chi connectivity index (χ0n) is 18.9.